The maximum absolute atomic E-state index is 12.1. The van der Waals surface area contributed by atoms with E-state index >= 15 is 0 Å². The third-order valence-electron chi connectivity index (χ3n) is 4.68. The first-order valence-corrected chi connectivity index (χ1v) is 7.15. The van der Waals surface area contributed by atoms with Crippen molar-refractivity contribution in [3.05, 3.63) is 0 Å². The molecule has 2 bridgehead atoms. The van der Waals surface area contributed by atoms with Gasteiger partial charge >= 0.3 is 6.09 Å². The van der Waals surface area contributed by atoms with Gasteiger partial charge in [0.15, 0.2) is 0 Å². The summed E-state index contributed by atoms with van der Waals surface area (Å²) in [5.41, 5.74) is -0.387. The molecule has 4 aliphatic rings. The van der Waals surface area contributed by atoms with Gasteiger partial charge in [0.05, 0.1) is 0 Å². The molecule has 1 aliphatic carbocycles. The lowest BCUT2D eigenvalue weighted by Crippen LogP contribution is -2.54. The summed E-state index contributed by atoms with van der Waals surface area (Å²) < 4.78 is 5.49. The van der Waals surface area contributed by atoms with Crippen LogP contribution in [-0.2, 0) is 4.74 Å². The van der Waals surface area contributed by atoms with E-state index in [0.29, 0.717) is 17.9 Å². The SMILES string of the molecule is CC(C)(C)OC(=O)N1C[C@@H]2[C@H]3CC[C@@H](NC3)[C@H]2C1. The molecule has 102 valence electrons. The van der Waals surface area contributed by atoms with Crippen molar-refractivity contribution in [2.24, 2.45) is 17.8 Å². The fourth-order valence-corrected chi connectivity index (χ4v) is 3.89. The lowest BCUT2D eigenvalue weighted by molar-refractivity contribution is 0.0283. The minimum atomic E-state index is -0.387. The number of hydrogen-bond acceptors (Lipinski definition) is 3. The fraction of sp³-hybridized carbons (Fsp3) is 0.929. The second-order valence-corrected chi connectivity index (χ2v) is 7.07. The molecule has 4 heteroatoms. The Morgan fingerprint density at radius 3 is 2.50 bits per heavy atom. The predicted octanol–water partition coefficient (Wildman–Crippen LogP) is 1.85. The molecular formula is C14H24N2O2. The van der Waals surface area contributed by atoms with E-state index in [1.165, 1.54) is 12.8 Å². The molecule has 3 aliphatic heterocycles. The van der Waals surface area contributed by atoms with E-state index in [0.717, 1.165) is 25.6 Å². The zero-order chi connectivity index (χ0) is 12.9. The van der Waals surface area contributed by atoms with Crippen LogP contribution < -0.4 is 5.32 Å². The Hall–Kier alpha value is -0.770. The average molecular weight is 252 g/mol. The van der Waals surface area contributed by atoms with E-state index < -0.39 is 0 Å². The Bertz CT molecular complexity index is 322. The molecule has 4 rings (SSSR count). The smallest absolute Gasteiger partial charge is 0.410 e. The van der Waals surface area contributed by atoms with Crippen molar-refractivity contribution in [1.29, 1.82) is 0 Å². The maximum Gasteiger partial charge on any atom is 0.410 e. The van der Waals surface area contributed by atoms with Crippen LogP contribution in [0.2, 0.25) is 0 Å². The number of amides is 1. The van der Waals surface area contributed by atoms with Crippen molar-refractivity contribution < 1.29 is 9.53 Å². The number of hydrogen-bond donors (Lipinski definition) is 1. The van der Waals surface area contributed by atoms with E-state index in [-0.39, 0.29) is 11.7 Å². The van der Waals surface area contributed by atoms with Crippen molar-refractivity contribution in [1.82, 2.24) is 10.2 Å². The largest absolute Gasteiger partial charge is 0.444 e. The van der Waals surface area contributed by atoms with Gasteiger partial charge in [-0.25, -0.2) is 4.79 Å². The first kappa shape index (κ1) is 12.3. The first-order valence-electron chi connectivity index (χ1n) is 7.15. The Morgan fingerprint density at radius 1 is 1.22 bits per heavy atom. The van der Waals surface area contributed by atoms with Gasteiger partial charge in [-0.2, -0.15) is 0 Å². The van der Waals surface area contributed by atoms with Gasteiger partial charge in [0.1, 0.15) is 5.60 Å². The molecule has 4 fully saturated rings. The molecule has 0 aromatic rings. The molecular weight excluding hydrogens is 228 g/mol. The van der Waals surface area contributed by atoms with Crippen molar-refractivity contribution in [3.8, 4) is 0 Å². The van der Waals surface area contributed by atoms with Crippen LogP contribution in [0, 0.1) is 17.8 Å². The monoisotopic (exact) mass is 252 g/mol. The summed E-state index contributed by atoms with van der Waals surface area (Å²) in [6.45, 7) is 8.72. The first-order chi connectivity index (χ1) is 8.44. The van der Waals surface area contributed by atoms with Gasteiger partial charge < -0.3 is 15.0 Å². The third kappa shape index (κ3) is 2.11. The fourth-order valence-electron chi connectivity index (χ4n) is 3.89. The van der Waals surface area contributed by atoms with Crippen LogP contribution in [0.25, 0.3) is 0 Å². The van der Waals surface area contributed by atoms with Crippen molar-refractivity contribution in [3.63, 3.8) is 0 Å². The second-order valence-electron chi connectivity index (χ2n) is 7.07. The number of ether oxygens (including phenoxy) is 1. The van der Waals surface area contributed by atoms with Gasteiger partial charge in [0.2, 0.25) is 0 Å². The third-order valence-corrected chi connectivity index (χ3v) is 4.68. The molecule has 1 saturated carbocycles. The Kier molecular flexibility index (Phi) is 2.81. The molecule has 0 radical (unpaired) electrons. The average Bonchev–Trinajstić information content (AvgIpc) is 2.74. The van der Waals surface area contributed by atoms with E-state index in [1.54, 1.807) is 0 Å². The van der Waals surface area contributed by atoms with E-state index in [4.69, 9.17) is 4.74 Å². The van der Waals surface area contributed by atoms with Gasteiger partial charge in [-0.05, 0) is 57.9 Å². The number of likely N-dealkylation sites (tertiary alicyclic amines) is 1. The van der Waals surface area contributed by atoms with Crippen LogP contribution in [0.3, 0.4) is 0 Å². The van der Waals surface area contributed by atoms with E-state index in [2.05, 4.69) is 5.32 Å². The van der Waals surface area contributed by atoms with Crippen LogP contribution in [0.5, 0.6) is 0 Å². The molecule has 4 nitrogen and oxygen atoms in total. The standard InChI is InChI=1S/C14H24N2O2/c1-14(2,3)18-13(17)16-7-10-9-4-5-12(15-6-9)11(10)8-16/h9-12,15H,4-8H2,1-3H3/t9-,10+,11-,12+/m0/s1. The van der Waals surface area contributed by atoms with Crippen LogP contribution in [0.15, 0.2) is 0 Å². The summed E-state index contributed by atoms with van der Waals surface area (Å²) in [5.74, 6) is 2.13. The molecule has 1 amide bonds. The summed E-state index contributed by atoms with van der Waals surface area (Å²) in [6, 6.07) is 0.632. The Balaban J connectivity index is 1.66. The Morgan fingerprint density at radius 2 is 1.94 bits per heavy atom. The maximum atomic E-state index is 12.1. The molecule has 0 spiro atoms. The second kappa shape index (κ2) is 4.12. The lowest BCUT2D eigenvalue weighted by atomic mass is 9.68. The highest BCUT2D eigenvalue weighted by molar-refractivity contribution is 5.68. The molecule has 0 unspecified atom stereocenters. The number of rotatable bonds is 0. The normalized spacial score (nSPS) is 38.7. The zero-order valence-corrected chi connectivity index (χ0v) is 11.6. The van der Waals surface area contributed by atoms with E-state index in [1.807, 2.05) is 25.7 Å². The van der Waals surface area contributed by atoms with Crippen molar-refractivity contribution in [2.45, 2.75) is 45.3 Å². The van der Waals surface area contributed by atoms with Crippen molar-refractivity contribution in [2.75, 3.05) is 19.6 Å². The molecule has 3 heterocycles. The topological polar surface area (TPSA) is 41.6 Å². The van der Waals surface area contributed by atoms with E-state index in [9.17, 15) is 4.79 Å². The summed E-state index contributed by atoms with van der Waals surface area (Å²) >= 11 is 0. The number of piperidine rings is 2. The van der Waals surface area contributed by atoms with Gasteiger partial charge in [-0.3, -0.25) is 0 Å². The summed E-state index contributed by atoms with van der Waals surface area (Å²) in [4.78, 5) is 14.1. The summed E-state index contributed by atoms with van der Waals surface area (Å²) in [5, 5.41) is 3.62. The van der Waals surface area contributed by atoms with Gasteiger partial charge in [0.25, 0.3) is 0 Å². The molecule has 0 aromatic heterocycles. The summed E-state index contributed by atoms with van der Waals surface area (Å²) in [6.07, 6.45) is 2.49. The predicted molar refractivity (Wildman–Crippen MR) is 69.3 cm³/mol. The number of nitrogens with one attached hydrogen (secondary N) is 1. The van der Waals surface area contributed by atoms with Crippen LogP contribution in [0.1, 0.15) is 33.6 Å². The van der Waals surface area contributed by atoms with Crippen LogP contribution >= 0.6 is 0 Å². The van der Waals surface area contributed by atoms with Gasteiger partial charge in [-0.15, -0.1) is 0 Å². The lowest BCUT2D eigenvalue weighted by Gasteiger charge is -2.45. The molecule has 4 atom stereocenters. The van der Waals surface area contributed by atoms with Gasteiger partial charge in [0, 0.05) is 19.1 Å². The minimum absolute atomic E-state index is 0.128. The van der Waals surface area contributed by atoms with Crippen molar-refractivity contribution >= 4 is 6.09 Å². The zero-order valence-electron chi connectivity index (χ0n) is 11.6. The molecule has 3 saturated heterocycles. The molecule has 0 aromatic carbocycles. The highest BCUT2D eigenvalue weighted by atomic mass is 16.6. The highest BCUT2D eigenvalue weighted by Gasteiger charge is 2.49. The Labute approximate surface area is 109 Å². The number of carbonyl (C=O) groups is 1. The number of carbonyl (C=O) groups excluding carboxylic acids is 1. The van der Waals surface area contributed by atoms with Crippen LogP contribution in [0.4, 0.5) is 4.79 Å². The quantitative estimate of drug-likeness (QED) is 0.715. The summed E-state index contributed by atoms with van der Waals surface area (Å²) in [7, 11) is 0. The highest BCUT2D eigenvalue weighted by Crippen LogP contribution is 2.43. The number of nitrogens with zero attached hydrogens (tertiary/aromatic N) is 1. The minimum Gasteiger partial charge on any atom is -0.444 e. The van der Waals surface area contributed by atoms with Crippen LogP contribution in [-0.4, -0.2) is 42.3 Å². The molecule has 1 N–H and O–H groups in total. The van der Waals surface area contributed by atoms with Gasteiger partial charge in [-0.1, -0.05) is 0 Å². The molecule has 18 heavy (non-hydrogen) atoms. The number of fused-ring (bicyclic) bond motifs is 2.